The highest BCUT2D eigenvalue weighted by atomic mass is 35.5. The molecule has 2 fully saturated rings. The van der Waals surface area contributed by atoms with Crippen LogP contribution in [0.15, 0.2) is 55.5 Å². The molecule has 1 aromatic carbocycles. The number of benzene rings is 1. The molecule has 0 bridgehead atoms. The maximum Gasteiger partial charge on any atom is 0.338 e. The van der Waals surface area contributed by atoms with Crippen molar-refractivity contribution in [3.05, 3.63) is 76.7 Å². The quantitative estimate of drug-likeness (QED) is 0.270. The molecule has 40 heavy (non-hydrogen) atoms. The zero-order chi connectivity index (χ0) is 28.3. The third-order valence-corrected chi connectivity index (χ3v) is 8.91. The van der Waals surface area contributed by atoms with Crippen molar-refractivity contribution >= 4 is 35.0 Å². The van der Waals surface area contributed by atoms with E-state index in [1.165, 1.54) is 7.11 Å². The Hall–Kier alpha value is -2.91. The van der Waals surface area contributed by atoms with Crippen LogP contribution < -0.4 is 4.90 Å². The summed E-state index contributed by atoms with van der Waals surface area (Å²) in [5.74, 6) is 1.22. The Morgan fingerprint density at radius 3 is 2.65 bits per heavy atom. The summed E-state index contributed by atoms with van der Waals surface area (Å²) in [4.78, 5) is 31.8. The number of carbonyl (C=O) groups is 1. The van der Waals surface area contributed by atoms with Gasteiger partial charge in [0, 0.05) is 80.0 Å². The molecule has 0 aliphatic carbocycles. The van der Waals surface area contributed by atoms with Crippen molar-refractivity contribution in [2.24, 2.45) is 0 Å². The van der Waals surface area contributed by atoms with Crippen molar-refractivity contribution in [3.63, 3.8) is 0 Å². The third-order valence-electron chi connectivity index (χ3n) is 8.39. The number of hydrogen-bond donors (Lipinski definition) is 1. The maximum atomic E-state index is 12.3. The largest absolute Gasteiger partial charge is 0.465 e. The molecule has 1 N–H and O–H groups in total. The van der Waals surface area contributed by atoms with Crippen LogP contribution in [-0.2, 0) is 11.3 Å². The molecule has 0 spiro atoms. The molecule has 3 aromatic rings. The number of anilines is 1. The molecule has 10 heteroatoms. The molecule has 2 aromatic heterocycles. The highest BCUT2D eigenvalue weighted by molar-refractivity contribution is 6.33. The summed E-state index contributed by atoms with van der Waals surface area (Å²) in [7, 11) is 1.40. The van der Waals surface area contributed by atoms with Gasteiger partial charge in [-0.15, -0.1) is 6.58 Å². The first-order chi connectivity index (χ1) is 19.4. The number of hydrogen-bond acceptors (Lipinski definition) is 7. The van der Waals surface area contributed by atoms with E-state index in [1.54, 1.807) is 18.5 Å². The van der Waals surface area contributed by atoms with Gasteiger partial charge in [0.15, 0.2) is 0 Å². The molecule has 0 amide bonds. The van der Waals surface area contributed by atoms with Crippen LogP contribution in [0.25, 0.3) is 11.4 Å². The molecule has 0 saturated carbocycles. The van der Waals surface area contributed by atoms with Crippen LogP contribution in [0.3, 0.4) is 0 Å². The van der Waals surface area contributed by atoms with Gasteiger partial charge in [-0.05, 0) is 43.0 Å². The number of likely N-dealkylation sites (tertiary alicyclic amines) is 1. The second-order valence-electron chi connectivity index (χ2n) is 10.5. The van der Waals surface area contributed by atoms with E-state index in [1.807, 2.05) is 24.4 Å². The van der Waals surface area contributed by atoms with Crippen molar-refractivity contribution < 1.29 is 9.53 Å². The number of nitrogens with one attached hydrogen (secondary N) is 1. The van der Waals surface area contributed by atoms with Crippen LogP contribution in [0.4, 0.5) is 5.82 Å². The number of piperazine rings is 1. The molecule has 0 unspecified atom stereocenters. The van der Waals surface area contributed by atoms with Crippen LogP contribution in [-0.4, -0.2) is 82.1 Å². The monoisotopic (exact) mass is 582 g/mol. The first-order valence-electron chi connectivity index (χ1n) is 13.8. The van der Waals surface area contributed by atoms with Crippen LogP contribution in [0, 0.1) is 0 Å². The van der Waals surface area contributed by atoms with Gasteiger partial charge in [0.25, 0.3) is 0 Å². The van der Waals surface area contributed by atoms with Crippen LogP contribution >= 0.6 is 23.2 Å². The molecule has 2 aliphatic rings. The number of ether oxygens (including phenoxy) is 1. The summed E-state index contributed by atoms with van der Waals surface area (Å²) in [6, 6.07) is 7.73. The Kier molecular flexibility index (Phi) is 8.80. The van der Waals surface area contributed by atoms with Gasteiger partial charge in [-0.1, -0.05) is 42.3 Å². The number of carbonyl (C=O) groups excluding carboxylic acids is 1. The smallest absolute Gasteiger partial charge is 0.338 e. The fourth-order valence-electron chi connectivity index (χ4n) is 6.13. The van der Waals surface area contributed by atoms with E-state index < -0.39 is 0 Å². The number of pyridine rings is 1. The fraction of sp³-hybridized carbons (Fsp3) is 0.433. The number of aromatic nitrogens is 3. The summed E-state index contributed by atoms with van der Waals surface area (Å²) in [5.41, 5.74) is 2.26. The van der Waals surface area contributed by atoms with E-state index in [0.29, 0.717) is 28.2 Å². The van der Waals surface area contributed by atoms with Gasteiger partial charge >= 0.3 is 5.97 Å². The Morgan fingerprint density at radius 1 is 1.20 bits per heavy atom. The second-order valence-corrected chi connectivity index (χ2v) is 11.4. The van der Waals surface area contributed by atoms with Gasteiger partial charge < -0.3 is 14.6 Å². The normalized spacial score (nSPS) is 19.9. The molecule has 5 rings (SSSR count). The second kappa shape index (κ2) is 12.3. The molecule has 4 heterocycles. The number of nitrogens with zero attached hydrogens (tertiary/aromatic N) is 5. The minimum atomic E-state index is -0.358. The Bertz CT molecular complexity index is 1340. The van der Waals surface area contributed by atoms with E-state index in [4.69, 9.17) is 32.9 Å². The molecule has 1 atom stereocenters. The minimum Gasteiger partial charge on any atom is -0.465 e. The zero-order valence-corrected chi connectivity index (χ0v) is 24.6. The highest BCUT2D eigenvalue weighted by Crippen LogP contribution is 2.37. The van der Waals surface area contributed by atoms with Gasteiger partial charge in [-0.25, -0.2) is 14.8 Å². The van der Waals surface area contributed by atoms with Gasteiger partial charge in [-0.2, -0.15) is 0 Å². The first kappa shape index (κ1) is 28.6. The fourth-order valence-corrected chi connectivity index (χ4v) is 6.59. The minimum absolute atomic E-state index is 0.0746. The number of methoxy groups -OCH3 is 1. The third kappa shape index (κ3) is 5.77. The molecule has 2 saturated heterocycles. The van der Waals surface area contributed by atoms with E-state index in [0.717, 1.165) is 74.8 Å². The van der Waals surface area contributed by atoms with Gasteiger partial charge in [0.2, 0.25) is 0 Å². The molecular formula is C30H36Cl2N6O2. The lowest BCUT2D eigenvalue weighted by Gasteiger charge is -2.54. The lowest BCUT2D eigenvalue weighted by molar-refractivity contribution is 0.0131. The number of H-pyrrole nitrogens is 1. The van der Waals surface area contributed by atoms with Crippen LogP contribution in [0.2, 0.25) is 10.0 Å². The predicted octanol–water partition coefficient (Wildman–Crippen LogP) is 5.69. The Labute approximate surface area is 245 Å². The summed E-state index contributed by atoms with van der Waals surface area (Å²) in [5, 5.41) is 1.17. The lowest BCUT2D eigenvalue weighted by atomic mass is 9.83. The average molecular weight is 584 g/mol. The molecule has 0 radical (unpaired) electrons. The zero-order valence-electron chi connectivity index (χ0n) is 23.1. The Balaban J connectivity index is 1.26. The maximum absolute atomic E-state index is 12.3. The highest BCUT2D eigenvalue weighted by Gasteiger charge is 2.42. The predicted molar refractivity (Wildman–Crippen MR) is 160 cm³/mol. The summed E-state index contributed by atoms with van der Waals surface area (Å²) < 4.78 is 4.99. The molecular weight excluding hydrogens is 547 g/mol. The molecule has 8 nitrogen and oxygen atoms in total. The number of piperidine rings is 1. The van der Waals surface area contributed by atoms with E-state index >= 15 is 0 Å². The number of aromatic amines is 1. The van der Waals surface area contributed by atoms with E-state index in [9.17, 15) is 4.79 Å². The summed E-state index contributed by atoms with van der Waals surface area (Å²) >= 11 is 12.9. The Morgan fingerprint density at radius 2 is 2.00 bits per heavy atom. The van der Waals surface area contributed by atoms with Crippen LogP contribution in [0.1, 0.15) is 42.1 Å². The summed E-state index contributed by atoms with van der Waals surface area (Å²) in [6.45, 7) is 11.7. The number of rotatable bonds is 8. The van der Waals surface area contributed by atoms with Crippen LogP contribution in [0.5, 0.6) is 0 Å². The standard InChI is InChI=1S/C30H36Cl2N6O2/c1-4-24-20-37(28-26(32)16-22(18-35-28)27-33-10-11-34-27)14-15-38(24)30(5-2)8-12-36(13-9-30)19-21-6-7-23(31)17-25(21)29(39)40-3/h5-7,10-11,16-18,24H,2,4,8-9,12-15,19-20H2,1,3H3,(H,33,34)/t24-/m0/s1. The lowest BCUT2D eigenvalue weighted by Crippen LogP contribution is -2.64. The topological polar surface area (TPSA) is 77.6 Å². The van der Waals surface area contributed by atoms with E-state index in [2.05, 4.69) is 44.2 Å². The first-order valence-corrected chi connectivity index (χ1v) is 14.5. The molecule has 2 aliphatic heterocycles. The summed E-state index contributed by atoms with van der Waals surface area (Å²) in [6.07, 6.45) is 10.5. The van der Waals surface area contributed by atoms with Crippen molar-refractivity contribution in [1.82, 2.24) is 24.8 Å². The molecule has 212 valence electrons. The van der Waals surface area contributed by atoms with E-state index in [-0.39, 0.29) is 11.5 Å². The van der Waals surface area contributed by atoms with Gasteiger partial charge in [0.05, 0.1) is 17.7 Å². The van der Waals surface area contributed by atoms with Crippen molar-refractivity contribution in [3.8, 4) is 11.4 Å². The SMILES string of the molecule is C=CC1(N2CCN(c3ncc(-c4ncc[nH]4)cc3Cl)C[C@@H]2CC)CCN(Cc2ccc(Cl)cc2C(=O)OC)CC1. The van der Waals surface area contributed by atoms with Crippen molar-refractivity contribution in [2.45, 2.75) is 44.3 Å². The van der Waals surface area contributed by atoms with Crippen molar-refractivity contribution in [1.29, 1.82) is 0 Å². The van der Waals surface area contributed by atoms with Crippen molar-refractivity contribution in [2.75, 3.05) is 44.7 Å². The van der Waals surface area contributed by atoms with Gasteiger partial charge in [-0.3, -0.25) is 9.80 Å². The average Bonchev–Trinajstić information content (AvgIpc) is 3.53. The number of halogens is 2. The van der Waals surface area contributed by atoms with Gasteiger partial charge in [0.1, 0.15) is 11.6 Å². The number of esters is 1. The number of imidazole rings is 1.